The van der Waals surface area contributed by atoms with Crippen LogP contribution in [0.25, 0.3) is 0 Å². The first-order valence-electron chi connectivity index (χ1n) is 2.65. The smallest absolute Gasteiger partial charge is 0.317 e. The summed E-state index contributed by atoms with van der Waals surface area (Å²) in [4.78, 5) is 21.0. The Labute approximate surface area is 58.4 Å². The molecule has 0 aromatic carbocycles. The SMILES string of the molecule is COC(=O)C(C)C(=O)C#N. The number of ether oxygens (including phenoxy) is 1. The third kappa shape index (κ3) is 1.86. The Morgan fingerprint density at radius 1 is 1.60 bits per heavy atom. The zero-order chi connectivity index (χ0) is 8.15. The second-order valence-electron chi connectivity index (χ2n) is 1.72. The summed E-state index contributed by atoms with van der Waals surface area (Å²) < 4.78 is 4.22. The molecule has 0 aliphatic heterocycles. The van der Waals surface area contributed by atoms with Gasteiger partial charge in [-0.25, -0.2) is 0 Å². The van der Waals surface area contributed by atoms with Gasteiger partial charge in [-0.3, -0.25) is 9.59 Å². The standard InChI is InChI=1S/C6H7NO3/c1-4(5(8)3-7)6(9)10-2/h4H,1-2H3. The van der Waals surface area contributed by atoms with E-state index in [9.17, 15) is 9.59 Å². The first-order chi connectivity index (χ1) is 4.63. The molecule has 0 spiro atoms. The number of carbonyl (C=O) groups is 2. The molecular weight excluding hydrogens is 134 g/mol. The number of nitrogens with zero attached hydrogens (tertiary/aromatic N) is 1. The molecule has 0 aliphatic rings. The summed E-state index contributed by atoms with van der Waals surface area (Å²) in [7, 11) is 1.17. The highest BCUT2D eigenvalue weighted by molar-refractivity contribution is 6.06. The predicted octanol–water partition coefficient (Wildman–Crippen LogP) is -0.112. The highest BCUT2D eigenvalue weighted by Gasteiger charge is 2.20. The van der Waals surface area contributed by atoms with Crippen molar-refractivity contribution in [1.82, 2.24) is 0 Å². The number of rotatable bonds is 2. The van der Waals surface area contributed by atoms with Gasteiger partial charge in [0.25, 0.3) is 0 Å². The van der Waals surface area contributed by atoms with Gasteiger partial charge in [0.2, 0.25) is 5.78 Å². The minimum atomic E-state index is -0.963. The molecule has 54 valence electrons. The van der Waals surface area contributed by atoms with Gasteiger partial charge < -0.3 is 4.74 Å². The van der Waals surface area contributed by atoms with Crippen LogP contribution in [0.15, 0.2) is 0 Å². The van der Waals surface area contributed by atoms with Gasteiger partial charge in [0.1, 0.15) is 12.0 Å². The average molecular weight is 141 g/mol. The monoisotopic (exact) mass is 141 g/mol. The number of hydrogen-bond acceptors (Lipinski definition) is 4. The van der Waals surface area contributed by atoms with E-state index in [-0.39, 0.29) is 0 Å². The Morgan fingerprint density at radius 3 is 2.40 bits per heavy atom. The van der Waals surface area contributed by atoms with E-state index in [4.69, 9.17) is 5.26 Å². The summed E-state index contributed by atoms with van der Waals surface area (Å²) in [5.74, 6) is -2.41. The number of hydrogen-bond donors (Lipinski definition) is 0. The zero-order valence-electron chi connectivity index (χ0n) is 5.75. The highest BCUT2D eigenvalue weighted by atomic mass is 16.5. The number of nitriles is 1. The summed E-state index contributed by atoms with van der Waals surface area (Å²) in [6.07, 6.45) is 0. The number of Topliss-reactive ketones (excluding diaryl/α,β-unsaturated/α-hetero) is 1. The van der Waals surface area contributed by atoms with Gasteiger partial charge in [-0.2, -0.15) is 5.26 Å². The number of methoxy groups -OCH3 is 1. The molecule has 0 bridgehead atoms. The van der Waals surface area contributed by atoms with Crippen LogP contribution in [0, 0.1) is 17.2 Å². The number of ketones is 1. The molecule has 0 aromatic rings. The van der Waals surface area contributed by atoms with E-state index in [1.165, 1.54) is 20.1 Å². The molecule has 0 N–H and O–H groups in total. The van der Waals surface area contributed by atoms with E-state index in [2.05, 4.69) is 4.74 Å². The third-order valence-electron chi connectivity index (χ3n) is 1.06. The third-order valence-corrected chi connectivity index (χ3v) is 1.06. The molecule has 4 heteroatoms. The van der Waals surface area contributed by atoms with E-state index >= 15 is 0 Å². The minimum absolute atomic E-state index is 0.674. The maximum absolute atomic E-state index is 10.5. The number of carbonyl (C=O) groups excluding carboxylic acids is 2. The molecule has 4 nitrogen and oxygen atoms in total. The topological polar surface area (TPSA) is 67.2 Å². The summed E-state index contributed by atoms with van der Waals surface area (Å²) >= 11 is 0. The van der Waals surface area contributed by atoms with Gasteiger partial charge in [0, 0.05) is 0 Å². The lowest BCUT2D eigenvalue weighted by Crippen LogP contribution is -2.20. The van der Waals surface area contributed by atoms with E-state index in [0.717, 1.165) is 0 Å². The Balaban J connectivity index is 4.11. The first kappa shape index (κ1) is 8.63. The lowest BCUT2D eigenvalue weighted by molar-refractivity contribution is -0.147. The molecule has 0 heterocycles. The van der Waals surface area contributed by atoms with E-state index in [1.807, 2.05) is 0 Å². The van der Waals surface area contributed by atoms with Crippen LogP contribution in [0.5, 0.6) is 0 Å². The minimum Gasteiger partial charge on any atom is -0.468 e. The molecule has 0 saturated carbocycles. The lowest BCUT2D eigenvalue weighted by atomic mass is 10.1. The fourth-order valence-corrected chi connectivity index (χ4v) is 0.381. The molecule has 1 unspecified atom stereocenters. The van der Waals surface area contributed by atoms with Gasteiger partial charge >= 0.3 is 5.97 Å². The molecule has 0 amide bonds. The maximum Gasteiger partial charge on any atom is 0.317 e. The van der Waals surface area contributed by atoms with Crippen molar-refractivity contribution in [2.45, 2.75) is 6.92 Å². The van der Waals surface area contributed by atoms with Gasteiger partial charge in [-0.05, 0) is 6.92 Å². The zero-order valence-corrected chi connectivity index (χ0v) is 5.75. The van der Waals surface area contributed by atoms with Gasteiger partial charge in [0.05, 0.1) is 7.11 Å². The Hall–Kier alpha value is -1.37. The summed E-state index contributed by atoms with van der Waals surface area (Å²) in [5.41, 5.74) is 0. The van der Waals surface area contributed by atoms with Crippen LogP contribution in [-0.2, 0) is 14.3 Å². The van der Waals surface area contributed by atoms with Crippen molar-refractivity contribution >= 4 is 11.8 Å². The summed E-state index contributed by atoms with van der Waals surface area (Å²) in [6.45, 7) is 1.33. The van der Waals surface area contributed by atoms with Crippen molar-refractivity contribution in [2.75, 3.05) is 7.11 Å². The number of esters is 1. The van der Waals surface area contributed by atoms with Crippen molar-refractivity contribution in [1.29, 1.82) is 5.26 Å². The molecule has 1 atom stereocenters. The molecule has 0 aliphatic carbocycles. The largest absolute Gasteiger partial charge is 0.468 e. The molecular formula is C6H7NO3. The highest BCUT2D eigenvalue weighted by Crippen LogP contribution is 1.97. The summed E-state index contributed by atoms with van der Waals surface area (Å²) in [5, 5.41) is 8.04. The molecule has 0 rings (SSSR count). The molecule has 0 aromatic heterocycles. The van der Waals surface area contributed by atoms with Crippen LogP contribution in [-0.4, -0.2) is 18.9 Å². The van der Waals surface area contributed by atoms with Crippen molar-refractivity contribution < 1.29 is 14.3 Å². The Bertz CT molecular complexity index is 192. The molecule has 0 fully saturated rings. The normalized spacial score (nSPS) is 11.3. The fraction of sp³-hybridized carbons (Fsp3) is 0.500. The predicted molar refractivity (Wildman–Crippen MR) is 31.8 cm³/mol. The Morgan fingerprint density at radius 2 is 2.10 bits per heavy atom. The molecule has 0 saturated heterocycles. The van der Waals surface area contributed by atoms with E-state index < -0.39 is 17.7 Å². The van der Waals surface area contributed by atoms with Crippen molar-refractivity contribution in [3.05, 3.63) is 0 Å². The van der Waals surface area contributed by atoms with Crippen LogP contribution in [0.4, 0.5) is 0 Å². The van der Waals surface area contributed by atoms with Gasteiger partial charge in [-0.1, -0.05) is 0 Å². The first-order valence-corrected chi connectivity index (χ1v) is 2.65. The van der Waals surface area contributed by atoms with Crippen LogP contribution in [0.3, 0.4) is 0 Å². The van der Waals surface area contributed by atoms with Crippen LogP contribution in [0.1, 0.15) is 6.92 Å². The van der Waals surface area contributed by atoms with Gasteiger partial charge in [-0.15, -0.1) is 0 Å². The summed E-state index contributed by atoms with van der Waals surface area (Å²) in [6, 6.07) is 1.34. The maximum atomic E-state index is 10.5. The van der Waals surface area contributed by atoms with Crippen molar-refractivity contribution in [3.63, 3.8) is 0 Å². The van der Waals surface area contributed by atoms with Crippen LogP contribution >= 0.6 is 0 Å². The Kier molecular flexibility index (Phi) is 3.12. The van der Waals surface area contributed by atoms with E-state index in [0.29, 0.717) is 0 Å². The van der Waals surface area contributed by atoms with Gasteiger partial charge in [0.15, 0.2) is 0 Å². The average Bonchev–Trinajstić information content (AvgIpc) is 2.00. The second kappa shape index (κ2) is 3.62. The molecule has 0 radical (unpaired) electrons. The molecule has 10 heavy (non-hydrogen) atoms. The second-order valence-corrected chi connectivity index (χ2v) is 1.72. The quantitative estimate of drug-likeness (QED) is 0.305. The fourth-order valence-electron chi connectivity index (χ4n) is 0.381. The van der Waals surface area contributed by atoms with Crippen LogP contribution in [0.2, 0.25) is 0 Å². The van der Waals surface area contributed by atoms with Crippen LogP contribution < -0.4 is 0 Å². The van der Waals surface area contributed by atoms with Crippen molar-refractivity contribution in [3.8, 4) is 6.07 Å². The van der Waals surface area contributed by atoms with Crippen molar-refractivity contribution in [2.24, 2.45) is 5.92 Å². The lowest BCUT2D eigenvalue weighted by Gasteiger charge is -2.00. The van der Waals surface area contributed by atoms with E-state index in [1.54, 1.807) is 0 Å².